The van der Waals surface area contributed by atoms with Crippen LogP contribution in [-0.2, 0) is 38.9 Å². The molecule has 3 aromatic carbocycles. The third-order valence-corrected chi connectivity index (χ3v) is 15.3. The van der Waals surface area contributed by atoms with Crippen LogP contribution < -0.4 is 50.8 Å². The molecule has 0 aliphatic rings. The normalized spacial score (nSPS) is 10.8. The number of carbonyl (C=O) groups is 3. The molecule has 25 heteroatoms. The summed E-state index contributed by atoms with van der Waals surface area (Å²) in [4.78, 5) is 74.5. The predicted molar refractivity (Wildman–Crippen MR) is 372 cm³/mol. The number of nitrogens with zero attached hydrogens (tertiary/aromatic N) is 9. The molecular formula is C69H65Cl3N18O4. The van der Waals surface area contributed by atoms with Crippen molar-refractivity contribution < 1.29 is 19.5 Å². The van der Waals surface area contributed by atoms with Crippen LogP contribution >= 0.6 is 34.8 Å². The van der Waals surface area contributed by atoms with Gasteiger partial charge in [0, 0.05) is 138 Å². The summed E-state index contributed by atoms with van der Waals surface area (Å²) in [5, 5.41) is 19.1. The van der Waals surface area contributed by atoms with Gasteiger partial charge in [-0.2, -0.15) is 0 Å². The summed E-state index contributed by atoms with van der Waals surface area (Å²) < 4.78 is 0. The maximum Gasteiger partial charge on any atom is 0.335 e. The van der Waals surface area contributed by atoms with Crippen LogP contribution in [0.3, 0.4) is 0 Å². The SMILES string of the molecule is Cc1nc(N)ccc1CN.Cc1nc(N)ccc1CNC(=O)c1ccnc(Cc2cc(N)c3ncc(Cl)cc3c2)c1.Cc1nc(N)ccc1CNC(=O)c1ccnc(Cc2cc(N)c3ncc(Cl)cc3c2)c1.Nc1cc(Cc2cc(C(=O)O)ccn2)cc2cc(Cl)cnc12. The molecule has 0 spiro atoms. The molecule has 0 fully saturated rings. The van der Waals surface area contributed by atoms with Gasteiger partial charge in [-0.3, -0.25) is 39.5 Å². The number of benzene rings is 3. The fourth-order valence-electron chi connectivity index (χ4n) is 9.99. The van der Waals surface area contributed by atoms with Gasteiger partial charge in [0.05, 0.1) is 54.2 Å². The van der Waals surface area contributed by atoms with Crippen molar-refractivity contribution in [3.8, 4) is 0 Å². The number of carboxylic acids is 1. The summed E-state index contributed by atoms with van der Waals surface area (Å²) in [5.74, 6) is 0.118. The van der Waals surface area contributed by atoms with Crippen molar-refractivity contribution in [3.05, 3.63) is 264 Å². The zero-order chi connectivity index (χ0) is 67.2. The number of amides is 2. The van der Waals surface area contributed by atoms with Crippen LogP contribution in [0, 0.1) is 20.8 Å². The number of aryl methyl sites for hydroxylation is 3. The molecule has 476 valence electrons. The summed E-state index contributed by atoms with van der Waals surface area (Å²) in [7, 11) is 0. The molecule has 9 aromatic heterocycles. The Morgan fingerprint density at radius 2 is 0.734 bits per heavy atom. The molecule has 9 heterocycles. The van der Waals surface area contributed by atoms with Crippen LogP contribution in [-0.4, -0.2) is 67.7 Å². The van der Waals surface area contributed by atoms with Crippen molar-refractivity contribution in [1.82, 2.24) is 55.5 Å². The predicted octanol–water partition coefficient (Wildman–Crippen LogP) is 10.9. The molecule has 0 radical (unpaired) electrons. The number of hydrogen-bond acceptors (Lipinski definition) is 19. The summed E-state index contributed by atoms with van der Waals surface area (Å²) >= 11 is 18.1. The van der Waals surface area contributed by atoms with Crippen molar-refractivity contribution >= 4 is 120 Å². The van der Waals surface area contributed by atoms with Gasteiger partial charge in [0.2, 0.25) is 0 Å². The minimum Gasteiger partial charge on any atom is -0.478 e. The van der Waals surface area contributed by atoms with Gasteiger partial charge in [-0.15, -0.1) is 0 Å². The second-order valence-electron chi connectivity index (χ2n) is 21.7. The summed E-state index contributed by atoms with van der Waals surface area (Å²) in [6, 6.07) is 37.7. The van der Waals surface area contributed by atoms with Gasteiger partial charge < -0.3 is 55.9 Å². The lowest BCUT2D eigenvalue weighted by atomic mass is 10.0. The number of halogens is 3. The van der Waals surface area contributed by atoms with E-state index in [0.717, 1.165) is 78.0 Å². The number of nitrogens with two attached hydrogens (primary N) is 7. The third kappa shape index (κ3) is 18.1. The Morgan fingerprint density at radius 1 is 0.415 bits per heavy atom. The first-order valence-corrected chi connectivity index (χ1v) is 30.2. The maximum absolute atomic E-state index is 12.6. The van der Waals surface area contributed by atoms with E-state index in [1.165, 1.54) is 12.3 Å². The van der Waals surface area contributed by atoms with Crippen LogP contribution in [0.4, 0.5) is 34.5 Å². The van der Waals surface area contributed by atoms with E-state index in [9.17, 15) is 14.4 Å². The second-order valence-corrected chi connectivity index (χ2v) is 23.0. The van der Waals surface area contributed by atoms with Crippen molar-refractivity contribution in [3.63, 3.8) is 0 Å². The molecule has 94 heavy (non-hydrogen) atoms. The number of aromatic nitrogens is 9. The number of nitrogen functional groups attached to an aromatic ring is 6. The van der Waals surface area contributed by atoms with Gasteiger partial charge in [-0.1, -0.05) is 53.0 Å². The lowest BCUT2D eigenvalue weighted by Crippen LogP contribution is -2.23. The summed E-state index contributed by atoms with van der Waals surface area (Å²) in [6.45, 7) is 6.88. The highest BCUT2D eigenvalue weighted by Crippen LogP contribution is 2.29. The standard InChI is InChI=1S/2C23H21ClN6O.C16H12ClN3O2.C7H11N3/c2*1-13-16(2-3-21(26)30-13)11-29-23(31)15-4-5-27-19(10-15)7-14-6-17-9-18(24)12-28-22(17)20(25)8-14;17-12-6-11-3-9(5-14(18)15(11)20-8-12)4-13-7-10(16(21)22)1-2-19-13;1-5-6(4-8)2-3-7(9)10-5/h2*2-6,8-10,12H,7,11,25H2,1H3,(H2,26,30)(H,29,31);1-3,5-8H,4,18H2,(H,21,22);2-3H,4,8H2,1H3,(H2,9,10). The number of nitrogens with one attached hydrogen (secondary N) is 2. The van der Waals surface area contributed by atoms with Crippen LogP contribution in [0.2, 0.25) is 15.1 Å². The molecule has 0 saturated carbocycles. The number of aromatic carboxylic acids is 1. The molecular weight excluding hydrogens is 1250 g/mol. The number of rotatable bonds is 14. The Labute approximate surface area is 555 Å². The number of anilines is 6. The number of hydrogen-bond donors (Lipinski definition) is 10. The van der Waals surface area contributed by atoms with Gasteiger partial charge in [-0.05, 0) is 163 Å². The van der Waals surface area contributed by atoms with Crippen LogP contribution in [0.5, 0.6) is 0 Å². The molecule has 12 rings (SSSR count). The molecule has 12 aromatic rings. The van der Waals surface area contributed by atoms with E-state index in [4.69, 9.17) is 80.0 Å². The zero-order valence-corrected chi connectivity index (χ0v) is 53.5. The Morgan fingerprint density at radius 3 is 1.05 bits per heavy atom. The number of pyridine rings is 9. The van der Waals surface area contributed by atoms with Gasteiger partial charge in [0.25, 0.3) is 11.8 Å². The smallest absolute Gasteiger partial charge is 0.335 e. The van der Waals surface area contributed by atoms with Gasteiger partial charge in [0.15, 0.2) is 0 Å². The highest BCUT2D eigenvalue weighted by Gasteiger charge is 2.15. The largest absolute Gasteiger partial charge is 0.478 e. The fraction of sp³-hybridized carbons (Fsp3) is 0.130. The first-order chi connectivity index (χ1) is 45.0. The Bertz CT molecular complexity index is 4610. The van der Waals surface area contributed by atoms with Crippen molar-refractivity contribution in [2.75, 3.05) is 34.4 Å². The molecule has 0 atom stereocenters. The summed E-state index contributed by atoms with van der Waals surface area (Å²) in [5.41, 5.74) is 56.0. The Kier molecular flexibility index (Phi) is 22.0. The first-order valence-electron chi connectivity index (χ1n) is 29.1. The van der Waals surface area contributed by atoms with Crippen LogP contribution in [0.1, 0.15) is 98.6 Å². The molecule has 0 aliphatic heterocycles. The van der Waals surface area contributed by atoms with E-state index >= 15 is 0 Å². The van der Waals surface area contributed by atoms with E-state index in [1.807, 2.05) is 87.5 Å². The van der Waals surface area contributed by atoms with E-state index < -0.39 is 5.97 Å². The molecule has 22 nitrogen and oxygen atoms in total. The third-order valence-electron chi connectivity index (χ3n) is 14.6. The van der Waals surface area contributed by atoms with Crippen molar-refractivity contribution in [1.29, 1.82) is 0 Å². The minimum absolute atomic E-state index is 0.186. The highest BCUT2D eigenvalue weighted by molar-refractivity contribution is 6.32. The number of fused-ring (bicyclic) bond motifs is 3. The van der Waals surface area contributed by atoms with E-state index in [2.05, 4.69) is 55.5 Å². The van der Waals surface area contributed by atoms with E-state index in [-0.39, 0.29) is 17.4 Å². The molecule has 2 amide bonds. The number of carboxylic acid groups (broad SMARTS) is 1. The molecule has 0 bridgehead atoms. The van der Waals surface area contributed by atoms with Gasteiger partial charge in [0.1, 0.15) is 17.5 Å². The van der Waals surface area contributed by atoms with Gasteiger partial charge >= 0.3 is 5.97 Å². The number of carbonyl (C=O) groups excluding carboxylic acids is 2. The quantitative estimate of drug-likeness (QED) is 0.0452. The average molecular weight is 1320 g/mol. The van der Waals surface area contributed by atoms with Crippen LogP contribution in [0.15, 0.2) is 165 Å². The monoisotopic (exact) mass is 1310 g/mol. The highest BCUT2D eigenvalue weighted by atomic mass is 35.5. The topological polar surface area (TPSA) is 394 Å². The maximum atomic E-state index is 12.6. The van der Waals surface area contributed by atoms with E-state index in [1.54, 1.807) is 85.6 Å². The summed E-state index contributed by atoms with van der Waals surface area (Å²) in [6.07, 6.45) is 11.0. The lowest BCUT2D eigenvalue weighted by molar-refractivity contribution is 0.0696. The molecule has 0 saturated heterocycles. The van der Waals surface area contributed by atoms with Crippen molar-refractivity contribution in [2.45, 2.75) is 59.7 Å². The van der Waals surface area contributed by atoms with Gasteiger partial charge in [-0.25, -0.2) is 19.7 Å². The first kappa shape index (κ1) is 67.2. The molecule has 0 unspecified atom stereocenters. The Balaban J connectivity index is 0.000000156. The average Bonchev–Trinajstić information content (AvgIpc) is 0.838. The van der Waals surface area contributed by atoms with Crippen molar-refractivity contribution in [2.24, 2.45) is 5.73 Å². The van der Waals surface area contributed by atoms with Crippen LogP contribution in [0.25, 0.3) is 32.7 Å². The Hall–Kier alpha value is -11.2. The van der Waals surface area contributed by atoms with E-state index in [0.29, 0.717) is 122 Å². The second kappa shape index (κ2) is 30.8. The minimum atomic E-state index is -0.974. The lowest BCUT2D eigenvalue weighted by Gasteiger charge is -2.10. The molecule has 0 aliphatic carbocycles. The fourth-order valence-corrected chi connectivity index (χ4v) is 10.5. The molecule has 17 N–H and O–H groups in total. The zero-order valence-electron chi connectivity index (χ0n) is 51.2.